The van der Waals surface area contributed by atoms with Gasteiger partial charge in [-0.15, -0.1) is 0 Å². The molecule has 1 aliphatic rings. The third-order valence-corrected chi connectivity index (χ3v) is 4.50. The fourth-order valence-electron chi connectivity index (χ4n) is 3.28. The average molecular weight is 293 g/mol. The fraction of sp³-hybridized carbons (Fsp3) is 0.350. The molecule has 1 heterocycles. The number of carbonyl (C=O) groups is 1. The maximum absolute atomic E-state index is 13.1. The van der Waals surface area contributed by atoms with Crippen molar-refractivity contribution >= 4 is 11.6 Å². The summed E-state index contributed by atoms with van der Waals surface area (Å²) in [5.74, 6) is 0.233. The Bertz CT molecular complexity index is 635. The van der Waals surface area contributed by atoms with Gasteiger partial charge in [-0.3, -0.25) is 4.79 Å². The standard InChI is InChI=1S/C20H23NO/c1-2-3-12-18(16-9-5-4-6-10-16)20(22)21-15-14-17-11-7-8-13-19(17)21/h4-11,13,18H,2-3,12,14-15H2,1H3/t18-/m1/s1. The minimum Gasteiger partial charge on any atom is -0.311 e. The molecule has 0 radical (unpaired) electrons. The van der Waals surface area contributed by atoms with Gasteiger partial charge in [0.05, 0.1) is 5.92 Å². The van der Waals surface area contributed by atoms with Gasteiger partial charge in [0, 0.05) is 12.2 Å². The zero-order valence-corrected chi connectivity index (χ0v) is 13.2. The van der Waals surface area contributed by atoms with Gasteiger partial charge in [-0.05, 0) is 30.0 Å². The van der Waals surface area contributed by atoms with Crippen molar-refractivity contribution in [3.8, 4) is 0 Å². The number of amides is 1. The Morgan fingerprint density at radius 3 is 2.59 bits per heavy atom. The van der Waals surface area contributed by atoms with Crippen molar-refractivity contribution < 1.29 is 4.79 Å². The molecule has 2 heteroatoms. The van der Waals surface area contributed by atoms with Gasteiger partial charge in [0.1, 0.15) is 0 Å². The fourth-order valence-corrected chi connectivity index (χ4v) is 3.28. The predicted molar refractivity (Wildman–Crippen MR) is 91.2 cm³/mol. The highest BCUT2D eigenvalue weighted by Gasteiger charge is 2.30. The number of fused-ring (bicyclic) bond motifs is 1. The van der Waals surface area contributed by atoms with E-state index in [1.165, 1.54) is 5.56 Å². The molecule has 0 aromatic heterocycles. The lowest BCUT2D eigenvalue weighted by atomic mass is 9.92. The Labute approximate surface area is 132 Å². The number of hydrogen-bond donors (Lipinski definition) is 0. The van der Waals surface area contributed by atoms with Crippen LogP contribution in [-0.2, 0) is 11.2 Å². The maximum Gasteiger partial charge on any atom is 0.234 e. The molecule has 114 valence electrons. The Morgan fingerprint density at radius 2 is 1.82 bits per heavy atom. The van der Waals surface area contributed by atoms with E-state index in [4.69, 9.17) is 0 Å². The topological polar surface area (TPSA) is 20.3 Å². The number of benzene rings is 2. The quantitative estimate of drug-likeness (QED) is 0.792. The molecule has 0 unspecified atom stereocenters. The minimum absolute atomic E-state index is 0.0210. The highest BCUT2D eigenvalue weighted by atomic mass is 16.2. The summed E-state index contributed by atoms with van der Waals surface area (Å²) >= 11 is 0. The second-order valence-corrected chi connectivity index (χ2v) is 5.97. The summed E-state index contributed by atoms with van der Waals surface area (Å²) < 4.78 is 0. The van der Waals surface area contributed by atoms with Crippen LogP contribution in [0.15, 0.2) is 54.6 Å². The molecule has 0 bridgehead atoms. The van der Waals surface area contributed by atoms with Crippen LogP contribution >= 0.6 is 0 Å². The smallest absolute Gasteiger partial charge is 0.234 e. The first-order valence-electron chi connectivity index (χ1n) is 8.25. The van der Waals surface area contributed by atoms with E-state index in [1.54, 1.807) is 0 Å². The van der Waals surface area contributed by atoms with Crippen LogP contribution in [0.25, 0.3) is 0 Å². The number of rotatable bonds is 5. The molecule has 1 atom stereocenters. The number of nitrogens with zero attached hydrogens (tertiary/aromatic N) is 1. The first kappa shape index (κ1) is 14.8. The van der Waals surface area contributed by atoms with Gasteiger partial charge >= 0.3 is 0 Å². The second kappa shape index (κ2) is 6.78. The van der Waals surface area contributed by atoms with E-state index >= 15 is 0 Å². The lowest BCUT2D eigenvalue weighted by Gasteiger charge is -2.24. The minimum atomic E-state index is -0.0210. The summed E-state index contributed by atoms with van der Waals surface area (Å²) in [7, 11) is 0. The van der Waals surface area contributed by atoms with Gasteiger partial charge in [-0.2, -0.15) is 0 Å². The molecule has 0 aliphatic carbocycles. The molecule has 0 saturated carbocycles. The largest absolute Gasteiger partial charge is 0.311 e. The predicted octanol–water partition coefficient (Wildman–Crippen LogP) is 4.55. The van der Waals surface area contributed by atoms with Crippen LogP contribution in [0.2, 0.25) is 0 Å². The van der Waals surface area contributed by atoms with Gasteiger partial charge in [-0.25, -0.2) is 0 Å². The lowest BCUT2D eigenvalue weighted by molar-refractivity contribution is -0.120. The van der Waals surface area contributed by atoms with E-state index in [0.29, 0.717) is 0 Å². The van der Waals surface area contributed by atoms with Crippen molar-refractivity contribution in [3.63, 3.8) is 0 Å². The molecule has 1 aliphatic heterocycles. The molecule has 2 aromatic carbocycles. The van der Waals surface area contributed by atoms with Crippen LogP contribution in [0.5, 0.6) is 0 Å². The van der Waals surface area contributed by atoms with E-state index in [-0.39, 0.29) is 11.8 Å². The van der Waals surface area contributed by atoms with Crippen LogP contribution in [0.3, 0.4) is 0 Å². The average Bonchev–Trinajstić information content (AvgIpc) is 3.00. The number of unbranched alkanes of at least 4 members (excludes halogenated alkanes) is 1. The van der Waals surface area contributed by atoms with Crippen molar-refractivity contribution in [2.24, 2.45) is 0 Å². The lowest BCUT2D eigenvalue weighted by Crippen LogP contribution is -2.33. The third-order valence-electron chi connectivity index (χ3n) is 4.50. The van der Waals surface area contributed by atoms with Crippen LogP contribution in [-0.4, -0.2) is 12.5 Å². The summed E-state index contributed by atoms with van der Waals surface area (Å²) in [6, 6.07) is 18.5. The zero-order chi connectivity index (χ0) is 15.4. The van der Waals surface area contributed by atoms with Gasteiger partial charge in [0.25, 0.3) is 0 Å². The van der Waals surface area contributed by atoms with Crippen molar-refractivity contribution in [1.29, 1.82) is 0 Å². The normalized spacial score (nSPS) is 14.7. The molecule has 0 N–H and O–H groups in total. The summed E-state index contributed by atoms with van der Waals surface area (Å²) in [6.45, 7) is 2.99. The number of hydrogen-bond acceptors (Lipinski definition) is 1. The molecule has 3 rings (SSSR count). The second-order valence-electron chi connectivity index (χ2n) is 5.97. The Balaban J connectivity index is 1.87. The molecule has 2 aromatic rings. The van der Waals surface area contributed by atoms with Gasteiger partial charge in [0.2, 0.25) is 5.91 Å². The third kappa shape index (κ3) is 2.92. The summed E-state index contributed by atoms with van der Waals surface area (Å²) in [6.07, 6.45) is 4.10. The van der Waals surface area contributed by atoms with E-state index < -0.39 is 0 Å². The van der Waals surface area contributed by atoms with Crippen LogP contribution in [0.4, 0.5) is 5.69 Å². The zero-order valence-electron chi connectivity index (χ0n) is 13.2. The molecular weight excluding hydrogens is 270 g/mol. The Hall–Kier alpha value is -2.09. The van der Waals surface area contributed by atoms with Crippen molar-refractivity contribution in [3.05, 3.63) is 65.7 Å². The summed E-state index contributed by atoms with van der Waals surface area (Å²) in [5, 5.41) is 0. The van der Waals surface area contributed by atoms with E-state index in [0.717, 1.165) is 43.5 Å². The van der Waals surface area contributed by atoms with E-state index in [2.05, 4.69) is 37.3 Å². The molecule has 22 heavy (non-hydrogen) atoms. The monoisotopic (exact) mass is 293 g/mol. The number of carbonyl (C=O) groups excluding carboxylic acids is 1. The van der Waals surface area contributed by atoms with Crippen LogP contribution in [0.1, 0.15) is 43.2 Å². The highest BCUT2D eigenvalue weighted by molar-refractivity contribution is 5.99. The summed E-state index contributed by atoms with van der Waals surface area (Å²) in [4.78, 5) is 15.1. The number of anilines is 1. The molecule has 0 saturated heterocycles. The Kier molecular flexibility index (Phi) is 4.57. The molecule has 0 spiro atoms. The maximum atomic E-state index is 13.1. The molecule has 2 nitrogen and oxygen atoms in total. The van der Waals surface area contributed by atoms with Crippen molar-refractivity contribution in [1.82, 2.24) is 0 Å². The molecule has 0 fully saturated rings. The highest BCUT2D eigenvalue weighted by Crippen LogP contribution is 2.32. The van der Waals surface area contributed by atoms with Gasteiger partial charge < -0.3 is 4.90 Å². The number of para-hydroxylation sites is 1. The van der Waals surface area contributed by atoms with E-state index in [9.17, 15) is 4.79 Å². The van der Waals surface area contributed by atoms with Crippen molar-refractivity contribution in [2.75, 3.05) is 11.4 Å². The Morgan fingerprint density at radius 1 is 1.09 bits per heavy atom. The van der Waals surface area contributed by atoms with Crippen LogP contribution < -0.4 is 4.90 Å². The van der Waals surface area contributed by atoms with Crippen LogP contribution in [0, 0.1) is 0 Å². The summed E-state index contributed by atoms with van der Waals surface area (Å²) in [5.41, 5.74) is 3.54. The van der Waals surface area contributed by atoms with Crippen molar-refractivity contribution in [2.45, 2.75) is 38.5 Å². The SMILES string of the molecule is CCCC[C@@H](C(=O)N1CCc2ccccc21)c1ccccc1. The first-order chi connectivity index (χ1) is 10.8. The first-order valence-corrected chi connectivity index (χ1v) is 8.25. The molecule has 1 amide bonds. The van der Waals surface area contributed by atoms with Gasteiger partial charge in [0.15, 0.2) is 0 Å². The molecular formula is C20H23NO. The van der Waals surface area contributed by atoms with Gasteiger partial charge in [-0.1, -0.05) is 68.3 Å². The van der Waals surface area contributed by atoms with E-state index in [1.807, 2.05) is 29.2 Å².